The van der Waals surface area contributed by atoms with Crippen LogP contribution in [0.5, 0.6) is 0 Å². The van der Waals surface area contributed by atoms with Crippen LogP contribution in [0.2, 0.25) is 0 Å². The number of piperidine rings is 1. The summed E-state index contributed by atoms with van der Waals surface area (Å²) in [5.41, 5.74) is 16.5. The average Bonchev–Trinajstić information content (AvgIpc) is 1.73. The molecular weight excluding hydrogens is 1390 g/mol. The number of nitrogens with one attached hydrogen (secondary N) is 3. The zero-order valence-corrected chi connectivity index (χ0v) is 68.7. The van der Waals surface area contributed by atoms with E-state index in [-0.39, 0.29) is 0 Å². The van der Waals surface area contributed by atoms with E-state index in [2.05, 4.69) is 153 Å². The third-order valence-corrected chi connectivity index (χ3v) is 25.0. The summed E-state index contributed by atoms with van der Waals surface area (Å²) in [6.07, 6.45) is 12.7. The first-order chi connectivity index (χ1) is 49.8. The summed E-state index contributed by atoms with van der Waals surface area (Å²) >= 11 is 0. The molecule has 0 amide bonds. The summed E-state index contributed by atoms with van der Waals surface area (Å²) in [4.78, 5) is 8.35. The number of likely N-dealkylation sites (tertiary alicyclic amines) is 2. The highest BCUT2D eigenvalue weighted by Gasteiger charge is 2.28. The Kier molecular flexibility index (Phi) is 38.3. The van der Waals surface area contributed by atoms with E-state index in [4.69, 9.17) is 4.74 Å². The Labute approximate surface area is 633 Å². The number of rotatable bonds is 22. The lowest BCUT2D eigenvalue weighted by atomic mass is 10.1. The number of hydrogen-bond donors (Lipinski definition) is 3. The SMILES string of the molecule is COCCN1CCN(S(=O)(=O)c2ccc(C)cc2)CC1.Cc1cc(C)cc(C)c1.Cc1ccc(C)c(C)c1.Cc1ccc(C)c(C)c1.Cc1ccc(S(=O)(=O)NCCC2CCCN2C)cc1.Cc1ccc(S(=O)(=O)NCCCN2CCCCC2)cc1.Cc1ccc(S(=O)(=O)NCCCn2cccc2)cc1. The van der Waals surface area contributed by atoms with Gasteiger partial charge in [-0.05, 0) is 251 Å². The molecular formula is C84H122N8O9S4. The van der Waals surface area contributed by atoms with E-state index in [1.165, 1.54) is 82.2 Å². The third-order valence-electron chi connectivity index (χ3n) is 18.7. The number of piperazine rings is 1. The first-order valence-electron chi connectivity index (χ1n) is 36.9. The molecule has 0 radical (unpaired) electrons. The van der Waals surface area contributed by atoms with Gasteiger partial charge in [0.05, 0.1) is 26.2 Å². The maximum atomic E-state index is 12.5. The summed E-state index contributed by atoms with van der Waals surface area (Å²) in [5, 5.41) is 0. The minimum absolute atomic E-state index is 0.319. The van der Waals surface area contributed by atoms with Gasteiger partial charge in [0.25, 0.3) is 0 Å². The van der Waals surface area contributed by atoms with Crippen molar-refractivity contribution in [1.29, 1.82) is 0 Å². The van der Waals surface area contributed by atoms with Crippen molar-refractivity contribution in [3.63, 3.8) is 0 Å². The van der Waals surface area contributed by atoms with Gasteiger partial charge in [-0.25, -0.2) is 47.8 Å². The second-order valence-corrected chi connectivity index (χ2v) is 35.4. The Bertz CT molecular complexity index is 4200. The first kappa shape index (κ1) is 88.9. The molecule has 0 aliphatic carbocycles. The minimum atomic E-state index is -3.38. The number of hydrogen-bond acceptors (Lipinski definition) is 12. The molecule has 0 spiro atoms. The molecule has 8 aromatic rings. The monoisotopic (exact) mass is 1510 g/mol. The fourth-order valence-electron chi connectivity index (χ4n) is 12.0. The van der Waals surface area contributed by atoms with Gasteiger partial charge in [-0.3, -0.25) is 4.90 Å². The standard InChI is InChI=1S/C15H24N2O2S.C14H22N2O3S.C14H22N2O2S.C14H18N2O2S.3C9H12/c1-14-6-8-15(9-7-14)20(18,19)16-10-5-13-17-11-3-2-4-12-17;1-13-3-5-14(6-4-13)20(17,18)16-9-7-15(8-10-16)11-12-19-2;1-12-5-7-14(8-6-12)19(17,18)15-10-9-13-4-3-11-16(13)2;1-13-5-7-14(8-6-13)19(17,18)15-9-4-12-16-10-2-3-11-16;1-7-4-8(2)6-9(3)5-7;2*1-7-4-5-8(2)9(3)6-7/h6-9,16H,2-5,10-13H2,1H3;3-6H,7-12H2,1-2H3;5-8,13,15H,3-4,9-11H2,1-2H3;2-3,5-8,10-11,15H,4,9,12H2,1H3;3*4-6H,1-3H3. The second kappa shape index (κ2) is 45.2. The fraction of sp³-hybridized carbons (Fsp3) is 0.452. The highest BCUT2D eigenvalue weighted by Crippen LogP contribution is 2.21. The van der Waals surface area contributed by atoms with Crippen LogP contribution in [0.4, 0.5) is 0 Å². The Morgan fingerprint density at radius 3 is 1.11 bits per heavy atom. The Morgan fingerprint density at radius 1 is 0.371 bits per heavy atom. The van der Waals surface area contributed by atoms with Crippen molar-refractivity contribution in [2.45, 2.75) is 174 Å². The van der Waals surface area contributed by atoms with Crippen LogP contribution in [0.15, 0.2) is 196 Å². The van der Waals surface area contributed by atoms with Gasteiger partial charge in [-0.1, -0.05) is 160 Å². The summed E-state index contributed by atoms with van der Waals surface area (Å²) in [6.45, 7) is 37.8. The van der Waals surface area contributed by atoms with Crippen LogP contribution in [-0.2, 0) is 51.4 Å². The minimum Gasteiger partial charge on any atom is -0.383 e. The van der Waals surface area contributed by atoms with Crippen LogP contribution in [-0.4, -0.2) is 163 Å². The smallest absolute Gasteiger partial charge is 0.243 e. The molecule has 3 aliphatic heterocycles. The van der Waals surface area contributed by atoms with Gasteiger partial charge in [0.1, 0.15) is 0 Å². The maximum Gasteiger partial charge on any atom is 0.243 e. The van der Waals surface area contributed by atoms with E-state index in [9.17, 15) is 33.7 Å². The predicted molar refractivity (Wildman–Crippen MR) is 434 cm³/mol. The van der Waals surface area contributed by atoms with Crippen molar-refractivity contribution in [3.8, 4) is 0 Å². The van der Waals surface area contributed by atoms with Gasteiger partial charge in [-0.15, -0.1) is 0 Å². The molecule has 7 aromatic carbocycles. The number of nitrogens with zero attached hydrogens (tertiary/aromatic N) is 5. The van der Waals surface area contributed by atoms with Crippen molar-refractivity contribution in [2.24, 2.45) is 0 Å². The van der Waals surface area contributed by atoms with E-state index in [0.29, 0.717) is 65.0 Å². The molecule has 3 saturated heterocycles. The van der Waals surface area contributed by atoms with Crippen LogP contribution < -0.4 is 14.2 Å². The van der Waals surface area contributed by atoms with Crippen LogP contribution in [0.3, 0.4) is 0 Å². The molecule has 4 heterocycles. The summed E-state index contributed by atoms with van der Waals surface area (Å²) < 4.78 is 114. The number of sulfonamides is 4. The van der Waals surface area contributed by atoms with Gasteiger partial charge in [0, 0.05) is 84.4 Å². The lowest BCUT2D eigenvalue weighted by Crippen LogP contribution is -2.49. The Morgan fingerprint density at radius 2 is 0.743 bits per heavy atom. The largest absolute Gasteiger partial charge is 0.383 e. The molecule has 17 nitrogen and oxygen atoms in total. The van der Waals surface area contributed by atoms with Gasteiger partial charge in [0.15, 0.2) is 0 Å². The molecule has 21 heteroatoms. The van der Waals surface area contributed by atoms with Crippen molar-refractivity contribution in [1.82, 2.24) is 37.7 Å². The lowest BCUT2D eigenvalue weighted by Gasteiger charge is -2.33. The van der Waals surface area contributed by atoms with Crippen LogP contribution >= 0.6 is 0 Å². The highest BCUT2D eigenvalue weighted by molar-refractivity contribution is 7.90. The number of aryl methyl sites for hydroxylation is 14. The number of ether oxygens (including phenoxy) is 1. The molecule has 11 rings (SSSR count). The number of aromatic nitrogens is 1. The molecule has 3 N–H and O–H groups in total. The average molecular weight is 1520 g/mol. The molecule has 1 unspecified atom stereocenters. The van der Waals surface area contributed by atoms with Crippen molar-refractivity contribution in [3.05, 3.63) is 249 Å². The number of methoxy groups -OCH3 is 1. The van der Waals surface area contributed by atoms with Crippen molar-refractivity contribution >= 4 is 40.1 Å². The zero-order valence-electron chi connectivity index (χ0n) is 65.4. The quantitative estimate of drug-likeness (QED) is 0.0543. The summed E-state index contributed by atoms with van der Waals surface area (Å²) in [6, 6.07) is 51.8. The molecule has 1 aromatic heterocycles. The fourth-order valence-corrected chi connectivity index (χ4v) is 16.7. The molecule has 1 atom stereocenters. The van der Waals surface area contributed by atoms with E-state index < -0.39 is 40.1 Å². The van der Waals surface area contributed by atoms with Crippen LogP contribution in [0.25, 0.3) is 0 Å². The Balaban J connectivity index is 0.000000225. The first-order valence-corrected chi connectivity index (χ1v) is 42.8. The van der Waals surface area contributed by atoms with Gasteiger partial charge >= 0.3 is 0 Å². The summed E-state index contributed by atoms with van der Waals surface area (Å²) in [5.74, 6) is 0. The molecule has 3 aliphatic rings. The van der Waals surface area contributed by atoms with Crippen LogP contribution in [0, 0.1) is 90.0 Å². The van der Waals surface area contributed by atoms with E-state index >= 15 is 0 Å². The van der Waals surface area contributed by atoms with Crippen LogP contribution in [0.1, 0.15) is 124 Å². The second-order valence-electron chi connectivity index (χ2n) is 28.1. The van der Waals surface area contributed by atoms with Gasteiger partial charge in [-0.2, -0.15) is 4.31 Å². The molecule has 105 heavy (non-hydrogen) atoms. The molecule has 3 fully saturated rings. The van der Waals surface area contributed by atoms with Crippen molar-refractivity contribution < 1.29 is 38.4 Å². The van der Waals surface area contributed by atoms with Crippen molar-refractivity contribution in [2.75, 3.05) is 99.3 Å². The maximum absolute atomic E-state index is 12.5. The van der Waals surface area contributed by atoms with Gasteiger partial charge < -0.3 is 19.1 Å². The molecule has 0 saturated carbocycles. The third kappa shape index (κ3) is 33.1. The highest BCUT2D eigenvalue weighted by atomic mass is 32.2. The van der Waals surface area contributed by atoms with E-state index in [1.54, 1.807) is 72.1 Å². The Hall–Kier alpha value is -6.70. The summed E-state index contributed by atoms with van der Waals surface area (Å²) in [7, 11) is -9.65. The van der Waals surface area contributed by atoms with Gasteiger partial charge in [0.2, 0.25) is 40.1 Å². The lowest BCUT2D eigenvalue weighted by molar-refractivity contribution is 0.123. The van der Waals surface area contributed by atoms with E-state index in [1.807, 2.05) is 93.2 Å². The predicted octanol–water partition coefficient (Wildman–Crippen LogP) is 14.9. The molecule has 0 bridgehead atoms. The molecule has 576 valence electrons. The zero-order chi connectivity index (χ0) is 77.2. The normalized spacial score (nSPS) is 15.1. The topological polar surface area (TPSA) is 200 Å². The van der Waals surface area contributed by atoms with E-state index in [0.717, 1.165) is 93.9 Å². The number of benzene rings is 7.